The molecule has 2 N–H and O–H groups in total. The van der Waals surface area contributed by atoms with E-state index in [4.69, 9.17) is 10.5 Å². The van der Waals surface area contributed by atoms with Gasteiger partial charge in [-0.05, 0) is 35.9 Å². The maximum absolute atomic E-state index is 11.8. The van der Waals surface area contributed by atoms with Crippen molar-refractivity contribution in [3.63, 3.8) is 0 Å². The number of benzene rings is 1. The molecule has 0 aliphatic rings. The second kappa shape index (κ2) is 7.28. The zero-order chi connectivity index (χ0) is 14.3. The molecule has 0 unspecified atom stereocenters. The van der Waals surface area contributed by atoms with Gasteiger partial charge in [-0.3, -0.25) is 4.79 Å². The fraction of sp³-hybridized carbons (Fsp3) is 0.417. The molecule has 0 atom stereocenters. The summed E-state index contributed by atoms with van der Waals surface area (Å²) in [6.07, 6.45) is 0.580. The molecule has 0 aromatic heterocycles. The Labute approximate surface area is 113 Å². The standard InChI is InChI=1S/C12H14F3NO2S/c13-12(14,15)19-7-6-18-11(17)5-4-9-2-1-3-10(16)8-9/h1-3,8H,4-7,16H2. The van der Waals surface area contributed by atoms with Crippen molar-refractivity contribution >= 4 is 23.4 Å². The van der Waals surface area contributed by atoms with E-state index in [9.17, 15) is 18.0 Å². The predicted octanol–water partition coefficient (Wildman–Crippen LogP) is 3.00. The average molecular weight is 293 g/mol. The number of esters is 1. The highest BCUT2D eigenvalue weighted by molar-refractivity contribution is 8.00. The minimum absolute atomic E-state index is 0.125. The van der Waals surface area contributed by atoms with Crippen LogP contribution in [0, 0.1) is 0 Å². The molecule has 3 nitrogen and oxygen atoms in total. The molecule has 0 spiro atoms. The van der Waals surface area contributed by atoms with Crippen molar-refractivity contribution in [2.24, 2.45) is 0 Å². The van der Waals surface area contributed by atoms with Crippen LogP contribution in [0.25, 0.3) is 0 Å². The molecule has 106 valence electrons. The highest BCUT2D eigenvalue weighted by Gasteiger charge is 2.27. The van der Waals surface area contributed by atoms with Gasteiger partial charge in [-0.15, -0.1) is 0 Å². The third-order valence-corrected chi connectivity index (χ3v) is 2.88. The first-order valence-electron chi connectivity index (χ1n) is 5.57. The Morgan fingerprint density at radius 2 is 2.11 bits per heavy atom. The van der Waals surface area contributed by atoms with E-state index in [1.54, 1.807) is 18.2 Å². The zero-order valence-electron chi connectivity index (χ0n) is 10.1. The van der Waals surface area contributed by atoms with Crippen molar-refractivity contribution in [1.82, 2.24) is 0 Å². The molecule has 0 amide bonds. The van der Waals surface area contributed by atoms with Gasteiger partial charge in [0.05, 0.1) is 0 Å². The largest absolute Gasteiger partial charge is 0.465 e. The van der Waals surface area contributed by atoms with Crippen molar-refractivity contribution in [3.05, 3.63) is 29.8 Å². The van der Waals surface area contributed by atoms with Crippen LogP contribution in [0.15, 0.2) is 24.3 Å². The highest BCUT2D eigenvalue weighted by Crippen LogP contribution is 2.29. The minimum atomic E-state index is -4.28. The van der Waals surface area contributed by atoms with Crippen LogP contribution in [0.5, 0.6) is 0 Å². The van der Waals surface area contributed by atoms with Gasteiger partial charge in [0.15, 0.2) is 0 Å². The van der Waals surface area contributed by atoms with Crippen LogP contribution in [-0.4, -0.2) is 23.8 Å². The van der Waals surface area contributed by atoms with Gasteiger partial charge in [0, 0.05) is 17.9 Å². The molecule has 0 aliphatic heterocycles. The van der Waals surface area contributed by atoms with E-state index in [0.717, 1.165) is 5.56 Å². The molecule has 0 radical (unpaired) electrons. The summed E-state index contributed by atoms with van der Waals surface area (Å²) >= 11 is -0.202. The number of carbonyl (C=O) groups excluding carboxylic acids is 1. The van der Waals surface area contributed by atoms with Crippen LogP contribution in [0.3, 0.4) is 0 Å². The summed E-state index contributed by atoms with van der Waals surface area (Å²) in [5, 5.41) is 0. The van der Waals surface area contributed by atoms with E-state index in [0.29, 0.717) is 12.1 Å². The Morgan fingerprint density at radius 3 is 2.74 bits per heavy atom. The second-order valence-corrected chi connectivity index (χ2v) is 4.92. The van der Waals surface area contributed by atoms with E-state index in [1.165, 1.54) is 0 Å². The summed E-state index contributed by atoms with van der Waals surface area (Å²) in [4.78, 5) is 11.3. The molecule has 1 rings (SSSR count). The molecule has 0 saturated carbocycles. The van der Waals surface area contributed by atoms with Gasteiger partial charge in [0.1, 0.15) is 6.61 Å². The van der Waals surface area contributed by atoms with Crippen molar-refractivity contribution < 1.29 is 22.7 Å². The maximum Gasteiger partial charge on any atom is 0.441 e. The summed E-state index contributed by atoms with van der Waals surface area (Å²) in [5.74, 6) is -0.793. The molecule has 7 heteroatoms. The van der Waals surface area contributed by atoms with Gasteiger partial charge in [0.2, 0.25) is 0 Å². The number of carbonyl (C=O) groups is 1. The minimum Gasteiger partial charge on any atom is -0.465 e. The number of nitrogens with two attached hydrogens (primary N) is 1. The van der Waals surface area contributed by atoms with Crippen LogP contribution in [0.2, 0.25) is 0 Å². The summed E-state index contributed by atoms with van der Waals surface area (Å²) in [7, 11) is 0. The van der Waals surface area contributed by atoms with Gasteiger partial charge < -0.3 is 10.5 Å². The first kappa shape index (κ1) is 15.7. The fourth-order valence-electron chi connectivity index (χ4n) is 1.38. The number of aryl methyl sites for hydroxylation is 1. The third kappa shape index (κ3) is 7.61. The number of nitrogen functional groups attached to an aromatic ring is 1. The number of alkyl halides is 3. The normalized spacial score (nSPS) is 11.3. The second-order valence-electron chi connectivity index (χ2n) is 3.76. The number of hydrogen-bond donors (Lipinski definition) is 1. The maximum atomic E-state index is 11.8. The lowest BCUT2D eigenvalue weighted by Crippen LogP contribution is -2.11. The Morgan fingerprint density at radius 1 is 1.37 bits per heavy atom. The monoisotopic (exact) mass is 293 g/mol. The molecule has 0 heterocycles. The summed E-state index contributed by atoms with van der Waals surface area (Å²) in [6.45, 7) is -0.236. The van der Waals surface area contributed by atoms with Crippen LogP contribution in [-0.2, 0) is 16.0 Å². The summed E-state index contributed by atoms with van der Waals surface area (Å²) in [5.41, 5.74) is 2.79. The Kier molecular flexibility index (Phi) is 6.01. The van der Waals surface area contributed by atoms with Crippen molar-refractivity contribution in [2.75, 3.05) is 18.1 Å². The van der Waals surface area contributed by atoms with E-state index >= 15 is 0 Å². The molecule has 0 fully saturated rings. The topological polar surface area (TPSA) is 52.3 Å². The van der Waals surface area contributed by atoms with E-state index in [-0.39, 0.29) is 30.5 Å². The molecule has 1 aromatic carbocycles. The summed E-state index contributed by atoms with van der Waals surface area (Å²) < 4.78 is 40.1. The van der Waals surface area contributed by atoms with E-state index in [2.05, 4.69) is 0 Å². The average Bonchev–Trinajstić information content (AvgIpc) is 2.31. The van der Waals surface area contributed by atoms with E-state index < -0.39 is 11.5 Å². The molecule has 19 heavy (non-hydrogen) atoms. The SMILES string of the molecule is Nc1cccc(CCC(=O)OCCSC(F)(F)F)c1. The molecular formula is C12H14F3NO2S. The molecule has 0 saturated heterocycles. The van der Waals surface area contributed by atoms with Gasteiger partial charge in [-0.2, -0.15) is 13.2 Å². The van der Waals surface area contributed by atoms with E-state index in [1.807, 2.05) is 6.07 Å². The highest BCUT2D eigenvalue weighted by atomic mass is 32.2. The Bertz CT molecular complexity index is 424. The van der Waals surface area contributed by atoms with Gasteiger partial charge in [-0.25, -0.2) is 0 Å². The van der Waals surface area contributed by atoms with Crippen LogP contribution >= 0.6 is 11.8 Å². The predicted molar refractivity (Wildman–Crippen MR) is 68.6 cm³/mol. The molecule has 1 aromatic rings. The van der Waals surface area contributed by atoms with Crippen molar-refractivity contribution in [1.29, 1.82) is 0 Å². The van der Waals surface area contributed by atoms with Gasteiger partial charge >= 0.3 is 11.5 Å². The number of rotatable bonds is 6. The fourth-order valence-corrected chi connectivity index (χ4v) is 1.78. The third-order valence-electron chi connectivity index (χ3n) is 2.18. The Balaban J connectivity index is 2.18. The number of ether oxygens (including phenoxy) is 1. The summed E-state index contributed by atoms with van der Waals surface area (Å²) in [6, 6.07) is 7.07. The van der Waals surface area contributed by atoms with Crippen molar-refractivity contribution in [2.45, 2.75) is 18.3 Å². The number of hydrogen-bond acceptors (Lipinski definition) is 4. The lowest BCUT2D eigenvalue weighted by molar-refractivity contribution is -0.143. The number of halogens is 3. The van der Waals surface area contributed by atoms with Crippen LogP contribution in [0.1, 0.15) is 12.0 Å². The Hall–Kier alpha value is -1.37. The van der Waals surface area contributed by atoms with Gasteiger partial charge in [0.25, 0.3) is 0 Å². The number of thioether (sulfide) groups is 1. The molecular weight excluding hydrogens is 279 g/mol. The van der Waals surface area contributed by atoms with Crippen LogP contribution < -0.4 is 5.73 Å². The van der Waals surface area contributed by atoms with Crippen molar-refractivity contribution in [3.8, 4) is 0 Å². The van der Waals surface area contributed by atoms with Crippen LogP contribution in [0.4, 0.5) is 18.9 Å². The van der Waals surface area contributed by atoms with Gasteiger partial charge in [-0.1, -0.05) is 12.1 Å². The lowest BCUT2D eigenvalue weighted by Gasteiger charge is -2.07. The first-order valence-corrected chi connectivity index (χ1v) is 6.56. The number of anilines is 1. The molecule has 0 bridgehead atoms. The smallest absolute Gasteiger partial charge is 0.441 e. The zero-order valence-corrected chi connectivity index (χ0v) is 10.9. The lowest BCUT2D eigenvalue weighted by atomic mass is 10.1. The molecule has 0 aliphatic carbocycles. The first-order chi connectivity index (χ1) is 8.87. The quantitative estimate of drug-likeness (QED) is 0.497.